The van der Waals surface area contributed by atoms with E-state index in [1.807, 2.05) is 18.9 Å². The molecule has 4 nitrogen and oxygen atoms in total. The second-order valence-electron chi connectivity index (χ2n) is 4.76. The third-order valence-electron chi connectivity index (χ3n) is 2.73. The molecule has 0 saturated heterocycles. The first kappa shape index (κ1) is 17.1. The molecule has 20 heavy (non-hydrogen) atoms. The van der Waals surface area contributed by atoms with Crippen molar-refractivity contribution in [2.24, 2.45) is 0 Å². The summed E-state index contributed by atoms with van der Waals surface area (Å²) in [4.78, 5) is 12.5. The number of ether oxygens (including phenoxy) is 1. The van der Waals surface area contributed by atoms with Gasteiger partial charge in [-0.2, -0.15) is 0 Å². The Kier molecular flexibility index (Phi) is 7.13. The minimum absolute atomic E-state index is 0.0259. The number of likely N-dealkylation sites (N-methyl/N-ethyl adjacent to an activating group) is 1. The minimum atomic E-state index is -0.765. The molecule has 1 aromatic rings. The lowest BCUT2D eigenvalue weighted by Crippen LogP contribution is -2.31. The third-order valence-corrected chi connectivity index (χ3v) is 3.47. The van der Waals surface area contributed by atoms with Gasteiger partial charge >= 0.3 is 5.97 Å². The fourth-order valence-electron chi connectivity index (χ4n) is 1.85. The van der Waals surface area contributed by atoms with Crippen LogP contribution >= 0.6 is 23.2 Å². The summed E-state index contributed by atoms with van der Waals surface area (Å²) in [6.45, 7) is 3.39. The maximum Gasteiger partial charge on any atom is 0.303 e. The molecule has 0 amide bonds. The lowest BCUT2D eigenvalue weighted by molar-refractivity contribution is -0.137. The molecule has 0 radical (unpaired) electrons. The van der Waals surface area contributed by atoms with Gasteiger partial charge in [-0.05, 0) is 39.1 Å². The van der Waals surface area contributed by atoms with E-state index >= 15 is 0 Å². The Labute approximate surface area is 129 Å². The summed E-state index contributed by atoms with van der Waals surface area (Å²) in [6, 6.07) is 5.16. The number of halogens is 2. The van der Waals surface area contributed by atoms with Crippen molar-refractivity contribution in [3.8, 4) is 5.75 Å². The largest absolute Gasteiger partial charge is 0.489 e. The summed E-state index contributed by atoms with van der Waals surface area (Å²) >= 11 is 11.8. The molecular formula is C14H19Cl2NO3. The van der Waals surface area contributed by atoms with Crippen LogP contribution in [0.15, 0.2) is 18.2 Å². The van der Waals surface area contributed by atoms with E-state index < -0.39 is 5.97 Å². The predicted molar refractivity (Wildman–Crippen MR) is 80.9 cm³/mol. The Morgan fingerprint density at radius 3 is 2.70 bits per heavy atom. The van der Waals surface area contributed by atoms with Gasteiger partial charge in [-0.25, -0.2) is 0 Å². The van der Waals surface area contributed by atoms with Crippen molar-refractivity contribution in [3.63, 3.8) is 0 Å². The fraction of sp³-hybridized carbons (Fsp3) is 0.500. The smallest absolute Gasteiger partial charge is 0.303 e. The molecule has 1 aromatic carbocycles. The zero-order valence-corrected chi connectivity index (χ0v) is 13.1. The average molecular weight is 320 g/mol. The Morgan fingerprint density at radius 1 is 1.40 bits per heavy atom. The summed E-state index contributed by atoms with van der Waals surface area (Å²) < 4.78 is 5.75. The van der Waals surface area contributed by atoms with Gasteiger partial charge in [-0.15, -0.1) is 0 Å². The normalized spacial score (nSPS) is 12.4. The lowest BCUT2D eigenvalue weighted by Gasteiger charge is -2.22. The maximum atomic E-state index is 10.4. The van der Waals surface area contributed by atoms with Crippen molar-refractivity contribution in [1.82, 2.24) is 4.90 Å². The van der Waals surface area contributed by atoms with Crippen LogP contribution < -0.4 is 4.74 Å². The fourth-order valence-corrected chi connectivity index (χ4v) is 2.14. The summed E-state index contributed by atoms with van der Waals surface area (Å²) in [6.07, 6.45) is 0.791. The van der Waals surface area contributed by atoms with Crippen LogP contribution in [0.5, 0.6) is 5.75 Å². The molecule has 0 saturated carbocycles. The molecule has 1 unspecified atom stereocenters. The number of carboxylic acid groups (broad SMARTS) is 1. The Hall–Kier alpha value is -0.970. The van der Waals surface area contributed by atoms with Crippen molar-refractivity contribution in [1.29, 1.82) is 0 Å². The monoisotopic (exact) mass is 319 g/mol. The van der Waals surface area contributed by atoms with Gasteiger partial charge in [0.2, 0.25) is 0 Å². The van der Waals surface area contributed by atoms with E-state index in [0.717, 1.165) is 6.54 Å². The molecule has 0 heterocycles. The van der Waals surface area contributed by atoms with Crippen LogP contribution in [0.25, 0.3) is 0 Å². The molecule has 0 aliphatic carbocycles. The Morgan fingerprint density at radius 2 is 2.10 bits per heavy atom. The molecule has 0 spiro atoms. The van der Waals surface area contributed by atoms with E-state index in [4.69, 9.17) is 33.0 Å². The van der Waals surface area contributed by atoms with Crippen LogP contribution in [0.1, 0.15) is 19.8 Å². The van der Waals surface area contributed by atoms with Crippen LogP contribution in [-0.4, -0.2) is 42.2 Å². The number of aliphatic carboxylic acids is 1. The number of nitrogens with zero attached hydrogens (tertiary/aromatic N) is 1. The van der Waals surface area contributed by atoms with Crippen LogP contribution in [0.4, 0.5) is 0 Å². The molecule has 1 rings (SSSR count). The van der Waals surface area contributed by atoms with Gasteiger partial charge in [0.1, 0.15) is 11.9 Å². The molecule has 1 atom stereocenters. The quantitative estimate of drug-likeness (QED) is 0.796. The minimum Gasteiger partial charge on any atom is -0.489 e. The second kappa shape index (κ2) is 8.35. The first-order valence-electron chi connectivity index (χ1n) is 6.40. The zero-order chi connectivity index (χ0) is 15.1. The number of benzene rings is 1. The molecule has 1 N–H and O–H groups in total. The standard InChI is InChI=1S/C14H19Cl2NO3/c1-10(9-17(2)7-3-4-14(18)19)20-11-5-6-12(15)13(16)8-11/h5-6,8,10H,3-4,7,9H2,1-2H3,(H,18,19). The molecule has 0 aliphatic heterocycles. The SMILES string of the molecule is CC(CN(C)CCCC(=O)O)Oc1ccc(Cl)c(Cl)c1. The number of rotatable bonds is 8. The van der Waals surface area contributed by atoms with Crippen LogP contribution in [-0.2, 0) is 4.79 Å². The molecular weight excluding hydrogens is 301 g/mol. The summed E-state index contributed by atoms with van der Waals surface area (Å²) in [7, 11) is 1.94. The van der Waals surface area contributed by atoms with Crippen LogP contribution in [0.3, 0.4) is 0 Å². The van der Waals surface area contributed by atoms with Gasteiger partial charge in [0, 0.05) is 19.0 Å². The van der Waals surface area contributed by atoms with E-state index in [2.05, 4.69) is 0 Å². The molecule has 112 valence electrons. The van der Waals surface area contributed by atoms with Gasteiger partial charge in [0.25, 0.3) is 0 Å². The van der Waals surface area contributed by atoms with E-state index in [1.54, 1.807) is 18.2 Å². The zero-order valence-electron chi connectivity index (χ0n) is 11.6. The lowest BCUT2D eigenvalue weighted by atomic mass is 10.3. The Balaban J connectivity index is 2.36. The van der Waals surface area contributed by atoms with E-state index in [0.29, 0.717) is 28.8 Å². The van der Waals surface area contributed by atoms with Crippen molar-refractivity contribution in [2.75, 3.05) is 20.1 Å². The summed E-state index contributed by atoms with van der Waals surface area (Å²) in [5.41, 5.74) is 0. The van der Waals surface area contributed by atoms with Gasteiger partial charge < -0.3 is 14.7 Å². The van der Waals surface area contributed by atoms with Crippen LogP contribution in [0.2, 0.25) is 10.0 Å². The van der Waals surface area contributed by atoms with E-state index in [1.165, 1.54) is 0 Å². The first-order chi connectivity index (χ1) is 9.38. The van der Waals surface area contributed by atoms with Crippen molar-refractivity contribution in [2.45, 2.75) is 25.9 Å². The van der Waals surface area contributed by atoms with Gasteiger partial charge in [-0.3, -0.25) is 4.79 Å². The predicted octanol–water partition coefficient (Wildman–Crippen LogP) is 3.56. The number of carboxylic acids is 1. The van der Waals surface area contributed by atoms with Crippen LogP contribution in [0, 0.1) is 0 Å². The van der Waals surface area contributed by atoms with Crippen molar-refractivity contribution in [3.05, 3.63) is 28.2 Å². The van der Waals surface area contributed by atoms with Gasteiger partial charge in [-0.1, -0.05) is 23.2 Å². The molecule has 6 heteroatoms. The van der Waals surface area contributed by atoms with Gasteiger partial charge in [0.15, 0.2) is 0 Å². The highest BCUT2D eigenvalue weighted by Crippen LogP contribution is 2.26. The number of hydrogen-bond donors (Lipinski definition) is 1. The van der Waals surface area contributed by atoms with Gasteiger partial charge in [0.05, 0.1) is 10.0 Å². The summed E-state index contributed by atoms with van der Waals surface area (Å²) in [5.74, 6) is -0.0932. The van der Waals surface area contributed by atoms with Crippen molar-refractivity contribution < 1.29 is 14.6 Å². The highest BCUT2D eigenvalue weighted by atomic mass is 35.5. The first-order valence-corrected chi connectivity index (χ1v) is 7.16. The average Bonchev–Trinajstić information content (AvgIpc) is 2.33. The van der Waals surface area contributed by atoms with E-state index in [9.17, 15) is 4.79 Å². The Bertz CT molecular complexity index is 454. The maximum absolute atomic E-state index is 10.4. The molecule has 0 aliphatic rings. The molecule has 0 aromatic heterocycles. The number of carbonyl (C=O) groups is 1. The van der Waals surface area contributed by atoms with Crippen molar-refractivity contribution >= 4 is 29.2 Å². The highest BCUT2D eigenvalue weighted by molar-refractivity contribution is 6.42. The topological polar surface area (TPSA) is 49.8 Å². The number of hydrogen-bond acceptors (Lipinski definition) is 3. The third kappa shape index (κ3) is 6.46. The van der Waals surface area contributed by atoms with E-state index in [-0.39, 0.29) is 12.5 Å². The molecule has 0 fully saturated rings. The summed E-state index contributed by atoms with van der Waals surface area (Å²) in [5, 5.41) is 9.55. The highest BCUT2D eigenvalue weighted by Gasteiger charge is 2.09. The second-order valence-corrected chi connectivity index (χ2v) is 5.58. The molecule has 0 bridgehead atoms.